The minimum atomic E-state index is 0.206. The molecule has 0 radical (unpaired) electrons. The number of rotatable bonds is 0. The van der Waals surface area contributed by atoms with Crippen molar-refractivity contribution in [2.45, 2.75) is 31.1 Å². The molecule has 3 aliphatic carbocycles. The normalized spacial score (nSPS) is 36.3. The molecule has 3 unspecified atom stereocenters. The molecule has 1 spiro atoms. The van der Waals surface area contributed by atoms with Crippen LogP contribution < -0.4 is 5.73 Å². The van der Waals surface area contributed by atoms with E-state index in [2.05, 4.69) is 18.2 Å². The topological polar surface area (TPSA) is 43.1 Å². The number of anilines is 1. The summed E-state index contributed by atoms with van der Waals surface area (Å²) in [6, 6.07) is 5.85. The SMILES string of the molecule is Nc1ccc2c(c1)C1(CCC2=O)CC2C=CC1C2. The summed E-state index contributed by atoms with van der Waals surface area (Å²) in [4.78, 5) is 12.1. The maximum atomic E-state index is 12.1. The molecule has 0 aliphatic heterocycles. The fourth-order valence-corrected chi connectivity index (χ4v) is 4.37. The molecule has 2 N–H and O–H groups in total. The number of carbonyl (C=O) groups is 1. The molecular formula is C16H17NO. The molecule has 0 amide bonds. The van der Waals surface area contributed by atoms with E-state index < -0.39 is 0 Å². The zero-order valence-corrected chi connectivity index (χ0v) is 10.4. The Kier molecular flexibility index (Phi) is 1.87. The van der Waals surface area contributed by atoms with Crippen LogP contribution >= 0.6 is 0 Å². The average Bonchev–Trinajstić information content (AvgIpc) is 2.95. The van der Waals surface area contributed by atoms with Gasteiger partial charge in [-0.15, -0.1) is 0 Å². The van der Waals surface area contributed by atoms with Gasteiger partial charge in [-0.2, -0.15) is 0 Å². The highest BCUT2D eigenvalue weighted by Gasteiger charge is 2.52. The first-order valence-corrected chi connectivity index (χ1v) is 6.80. The predicted molar refractivity (Wildman–Crippen MR) is 71.5 cm³/mol. The molecule has 0 aromatic heterocycles. The van der Waals surface area contributed by atoms with Crippen LogP contribution in [0, 0.1) is 11.8 Å². The van der Waals surface area contributed by atoms with Gasteiger partial charge in [0.05, 0.1) is 0 Å². The van der Waals surface area contributed by atoms with Gasteiger partial charge in [0.25, 0.3) is 0 Å². The summed E-state index contributed by atoms with van der Waals surface area (Å²) in [5.41, 5.74) is 9.10. The summed E-state index contributed by atoms with van der Waals surface area (Å²) >= 11 is 0. The van der Waals surface area contributed by atoms with Gasteiger partial charge in [-0.3, -0.25) is 4.79 Å². The van der Waals surface area contributed by atoms with E-state index in [4.69, 9.17) is 5.73 Å². The van der Waals surface area contributed by atoms with Crippen molar-refractivity contribution in [3.63, 3.8) is 0 Å². The van der Waals surface area contributed by atoms with E-state index in [-0.39, 0.29) is 5.41 Å². The van der Waals surface area contributed by atoms with E-state index in [1.165, 1.54) is 18.4 Å². The molecule has 3 atom stereocenters. The molecule has 2 nitrogen and oxygen atoms in total. The fourth-order valence-electron chi connectivity index (χ4n) is 4.37. The van der Waals surface area contributed by atoms with Gasteiger partial charge in [0.1, 0.15) is 0 Å². The van der Waals surface area contributed by atoms with E-state index in [1.807, 2.05) is 12.1 Å². The lowest BCUT2D eigenvalue weighted by molar-refractivity contribution is 0.0944. The third kappa shape index (κ3) is 1.16. The molecule has 1 aromatic rings. The molecule has 2 bridgehead atoms. The first kappa shape index (κ1) is 10.4. The zero-order valence-electron chi connectivity index (χ0n) is 10.4. The highest BCUT2D eigenvalue weighted by atomic mass is 16.1. The molecule has 1 fully saturated rings. The second-order valence-electron chi connectivity index (χ2n) is 6.08. The largest absolute Gasteiger partial charge is 0.399 e. The van der Waals surface area contributed by atoms with E-state index >= 15 is 0 Å². The van der Waals surface area contributed by atoms with Gasteiger partial charge in [0, 0.05) is 23.1 Å². The van der Waals surface area contributed by atoms with Crippen molar-refractivity contribution < 1.29 is 4.79 Å². The number of nitrogens with two attached hydrogens (primary N) is 1. The van der Waals surface area contributed by atoms with Gasteiger partial charge in [-0.25, -0.2) is 0 Å². The molecule has 0 saturated heterocycles. The lowest BCUT2D eigenvalue weighted by Gasteiger charge is -2.40. The lowest BCUT2D eigenvalue weighted by atomic mass is 9.63. The first-order valence-electron chi connectivity index (χ1n) is 6.80. The van der Waals surface area contributed by atoms with E-state index in [9.17, 15) is 4.79 Å². The Balaban J connectivity index is 1.94. The molecule has 3 aliphatic rings. The molecule has 0 heterocycles. The van der Waals surface area contributed by atoms with Gasteiger partial charge >= 0.3 is 0 Å². The number of Topliss-reactive ketones (excluding diaryl/α,β-unsaturated/α-hetero) is 1. The van der Waals surface area contributed by atoms with Crippen LogP contribution in [-0.2, 0) is 5.41 Å². The van der Waals surface area contributed by atoms with E-state index in [0.29, 0.717) is 18.1 Å². The molecule has 2 heteroatoms. The van der Waals surface area contributed by atoms with Crippen LogP contribution in [0.2, 0.25) is 0 Å². The van der Waals surface area contributed by atoms with Crippen molar-refractivity contribution in [3.8, 4) is 0 Å². The summed E-state index contributed by atoms with van der Waals surface area (Å²) in [5, 5.41) is 0. The van der Waals surface area contributed by atoms with Crippen molar-refractivity contribution in [1.82, 2.24) is 0 Å². The molecule has 18 heavy (non-hydrogen) atoms. The van der Waals surface area contributed by atoms with Crippen molar-refractivity contribution in [2.24, 2.45) is 11.8 Å². The second-order valence-corrected chi connectivity index (χ2v) is 6.08. The van der Waals surface area contributed by atoms with Crippen LogP contribution in [-0.4, -0.2) is 5.78 Å². The molecular weight excluding hydrogens is 222 g/mol. The Labute approximate surface area is 107 Å². The minimum Gasteiger partial charge on any atom is -0.399 e. The monoisotopic (exact) mass is 239 g/mol. The molecule has 4 rings (SSSR count). The number of carbonyl (C=O) groups excluding carboxylic acids is 1. The molecule has 92 valence electrons. The van der Waals surface area contributed by atoms with Gasteiger partial charge in [0.2, 0.25) is 0 Å². The number of hydrogen-bond acceptors (Lipinski definition) is 2. The Hall–Kier alpha value is -1.57. The number of benzene rings is 1. The molecule has 1 saturated carbocycles. The van der Waals surface area contributed by atoms with Crippen LogP contribution in [0.25, 0.3) is 0 Å². The average molecular weight is 239 g/mol. The van der Waals surface area contributed by atoms with Crippen LogP contribution in [0.4, 0.5) is 5.69 Å². The Morgan fingerprint density at radius 1 is 1.28 bits per heavy atom. The van der Waals surface area contributed by atoms with Gasteiger partial charge in [-0.1, -0.05) is 12.2 Å². The third-order valence-corrected chi connectivity index (χ3v) is 5.19. The van der Waals surface area contributed by atoms with Crippen molar-refractivity contribution >= 4 is 11.5 Å². The number of fused-ring (bicyclic) bond motifs is 5. The Morgan fingerprint density at radius 2 is 2.17 bits per heavy atom. The minimum absolute atomic E-state index is 0.206. The fraction of sp³-hybridized carbons (Fsp3) is 0.438. The van der Waals surface area contributed by atoms with Gasteiger partial charge in [-0.05, 0) is 54.9 Å². The molecule has 1 aromatic carbocycles. The smallest absolute Gasteiger partial charge is 0.163 e. The maximum Gasteiger partial charge on any atom is 0.163 e. The van der Waals surface area contributed by atoms with Crippen molar-refractivity contribution in [3.05, 3.63) is 41.5 Å². The lowest BCUT2D eigenvalue weighted by Crippen LogP contribution is -2.37. The first-order chi connectivity index (χ1) is 8.69. The number of nitrogen functional groups attached to an aromatic ring is 1. The third-order valence-electron chi connectivity index (χ3n) is 5.19. The zero-order chi connectivity index (χ0) is 12.3. The highest BCUT2D eigenvalue weighted by Crippen LogP contribution is 2.58. The summed E-state index contributed by atoms with van der Waals surface area (Å²) in [5.74, 6) is 1.64. The van der Waals surface area contributed by atoms with Crippen LogP contribution in [0.5, 0.6) is 0 Å². The maximum absolute atomic E-state index is 12.1. The standard InChI is InChI=1S/C16H17NO/c17-12-3-4-13-14(8-12)16(6-5-15(13)18)9-10-1-2-11(16)7-10/h1-4,8,10-11H,5-7,9,17H2. The number of allylic oxidation sites excluding steroid dienone is 2. The van der Waals surface area contributed by atoms with Gasteiger partial charge in [0.15, 0.2) is 5.78 Å². The van der Waals surface area contributed by atoms with Gasteiger partial charge < -0.3 is 5.73 Å². The quantitative estimate of drug-likeness (QED) is 0.558. The Morgan fingerprint density at radius 3 is 2.89 bits per heavy atom. The summed E-state index contributed by atoms with van der Waals surface area (Å²) in [6.45, 7) is 0. The van der Waals surface area contributed by atoms with Crippen molar-refractivity contribution in [1.29, 1.82) is 0 Å². The van der Waals surface area contributed by atoms with E-state index in [0.717, 1.165) is 23.6 Å². The van der Waals surface area contributed by atoms with Crippen LogP contribution in [0.3, 0.4) is 0 Å². The van der Waals surface area contributed by atoms with E-state index in [1.54, 1.807) is 0 Å². The summed E-state index contributed by atoms with van der Waals surface area (Å²) in [6.07, 6.45) is 8.91. The van der Waals surface area contributed by atoms with Crippen molar-refractivity contribution in [2.75, 3.05) is 5.73 Å². The van der Waals surface area contributed by atoms with Crippen LogP contribution in [0.15, 0.2) is 30.4 Å². The highest BCUT2D eigenvalue weighted by molar-refractivity contribution is 5.99. The Bertz CT molecular complexity index is 574. The predicted octanol–water partition coefficient (Wildman–Crippen LogP) is 3.08. The number of hydrogen-bond donors (Lipinski definition) is 1. The summed E-state index contributed by atoms with van der Waals surface area (Å²) in [7, 11) is 0. The van der Waals surface area contributed by atoms with Crippen LogP contribution in [0.1, 0.15) is 41.6 Å². The second kappa shape index (κ2) is 3.25. The number of ketones is 1. The summed E-state index contributed by atoms with van der Waals surface area (Å²) < 4.78 is 0.